The molecule has 0 N–H and O–H groups in total. The Morgan fingerprint density at radius 1 is 1.54 bits per heavy atom. The highest BCUT2D eigenvalue weighted by molar-refractivity contribution is 9.08. The third-order valence-electron chi connectivity index (χ3n) is 1.76. The van der Waals surface area contributed by atoms with Crippen LogP contribution in [0.25, 0.3) is 11.1 Å². The van der Waals surface area contributed by atoms with E-state index in [1.807, 2.05) is 18.2 Å². The lowest BCUT2D eigenvalue weighted by Crippen LogP contribution is -1.83. The highest BCUT2D eigenvalue weighted by Crippen LogP contribution is 2.25. The number of methoxy groups -OCH3 is 1. The minimum atomic E-state index is 0.616. The van der Waals surface area contributed by atoms with Gasteiger partial charge in [-0.2, -0.15) is 0 Å². The lowest BCUT2D eigenvalue weighted by Gasteiger charge is -1.96. The lowest BCUT2D eigenvalue weighted by atomic mass is 10.3. The third-order valence-corrected chi connectivity index (χ3v) is 2.24. The van der Waals surface area contributed by atoms with Crippen molar-refractivity contribution in [3.8, 4) is 5.75 Å². The monoisotopic (exact) mass is 241 g/mol. The van der Waals surface area contributed by atoms with Gasteiger partial charge in [-0.3, -0.25) is 0 Å². The van der Waals surface area contributed by atoms with Crippen molar-refractivity contribution in [2.75, 3.05) is 7.11 Å². The van der Waals surface area contributed by atoms with Gasteiger partial charge in [0.15, 0.2) is 11.1 Å². The molecule has 0 fully saturated rings. The average Bonchev–Trinajstić information content (AvgIpc) is 2.59. The molecular weight excluding hydrogens is 234 g/mol. The summed E-state index contributed by atoms with van der Waals surface area (Å²) in [4.78, 5) is 4.26. The fraction of sp³-hybridized carbons (Fsp3) is 0.222. The van der Waals surface area contributed by atoms with E-state index in [4.69, 9.17) is 9.15 Å². The van der Waals surface area contributed by atoms with E-state index in [1.54, 1.807) is 7.11 Å². The van der Waals surface area contributed by atoms with Gasteiger partial charge in [0.05, 0.1) is 12.4 Å². The molecule has 1 aromatic carbocycles. The Bertz CT molecular complexity index is 424. The van der Waals surface area contributed by atoms with Crippen LogP contribution in [0.3, 0.4) is 0 Å². The molecule has 0 aliphatic heterocycles. The van der Waals surface area contributed by atoms with Crippen LogP contribution in [0.1, 0.15) is 5.89 Å². The lowest BCUT2D eigenvalue weighted by molar-refractivity contribution is 0.419. The second kappa shape index (κ2) is 3.38. The number of rotatable bonds is 2. The van der Waals surface area contributed by atoms with Crippen LogP contribution < -0.4 is 4.74 Å². The van der Waals surface area contributed by atoms with Gasteiger partial charge in [-0.05, 0) is 12.1 Å². The zero-order chi connectivity index (χ0) is 9.26. The predicted molar refractivity (Wildman–Crippen MR) is 53.2 cm³/mol. The Morgan fingerprint density at radius 2 is 2.38 bits per heavy atom. The van der Waals surface area contributed by atoms with Crippen molar-refractivity contribution in [3.05, 3.63) is 24.1 Å². The van der Waals surface area contributed by atoms with Gasteiger partial charge in [-0.25, -0.2) is 4.98 Å². The molecule has 0 aliphatic carbocycles. The van der Waals surface area contributed by atoms with Crippen molar-refractivity contribution >= 4 is 27.0 Å². The molecule has 0 spiro atoms. The van der Waals surface area contributed by atoms with Gasteiger partial charge in [0.1, 0.15) is 5.75 Å². The summed E-state index contributed by atoms with van der Waals surface area (Å²) in [7, 11) is 1.62. The van der Waals surface area contributed by atoms with Crippen LogP contribution in [0, 0.1) is 0 Å². The molecule has 4 heteroatoms. The number of para-hydroxylation sites is 1. The molecule has 0 radical (unpaired) electrons. The summed E-state index contributed by atoms with van der Waals surface area (Å²) in [6.45, 7) is 0. The smallest absolute Gasteiger partial charge is 0.206 e. The Balaban J connectivity index is 2.67. The number of nitrogens with zero attached hydrogens (tertiary/aromatic N) is 1. The van der Waals surface area contributed by atoms with Gasteiger partial charge in [0.25, 0.3) is 0 Å². The summed E-state index contributed by atoms with van der Waals surface area (Å²) >= 11 is 3.28. The van der Waals surface area contributed by atoms with E-state index in [-0.39, 0.29) is 0 Å². The minimum Gasteiger partial charge on any atom is -0.494 e. The first-order valence-electron chi connectivity index (χ1n) is 3.83. The molecule has 0 aliphatic rings. The number of fused-ring (bicyclic) bond motifs is 1. The van der Waals surface area contributed by atoms with Crippen LogP contribution in [-0.2, 0) is 5.33 Å². The van der Waals surface area contributed by atoms with E-state index in [2.05, 4.69) is 20.9 Å². The van der Waals surface area contributed by atoms with E-state index in [0.29, 0.717) is 11.2 Å². The van der Waals surface area contributed by atoms with E-state index in [1.165, 1.54) is 0 Å². The molecule has 0 bridgehead atoms. The Labute approximate surface area is 83.8 Å². The standard InChI is InChI=1S/C9H8BrNO2/c1-12-6-3-2-4-7-9(6)11-8(5-10)13-7/h2-4H,5H2,1H3. The Kier molecular flexibility index (Phi) is 2.22. The van der Waals surface area contributed by atoms with E-state index in [9.17, 15) is 0 Å². The van der Waals surface area contributed by atoms with Crippen molar-refractivity contribution in [2.24, 2.45) is 0 Å². The first-order chi connectivity index (χ1) is 6.35. The molecule has 3 nitrogen and oxygen atoms in total. The van der Waals surface area contributed by atoms with Gasteiger partial charge in [-0.15, -0.1) is 0 Å². The molecule has 68 valence electrons. The molecule has 0 atom stereocenters. The summed E-state index contributed by atoms with van der Waals surface area (Å²) in [6, 6.07) is 5.62. The Hall–Kier alpha value is -1.03. The Morgan fingerprint density at radius 3 is 3.08 bits per heavy atom. The highest BCUT2D eigenvalue weighted by Gasteiger charge is 2.08. The number of alkyl halides is 1. The van der Waals surface area contributed by atoms with Gasteiger partial charge < -0.3 is 9.15 Å². The zero-order valence-corrected chi connectivity index (χ0v) is 8.67. The second-order valence-electron chi connectivity index (χ2n) is 2.55. The number of hydrogen-bond acceptors (Lipinski definition) is 3. The highest BCUT2D eigenvalue weighted by atomic mass is 79.9. The number of aromatic nitrogens is 1. The summed E-state index contributed by atoms with van der Waals surface area (Å²) in [5, 5.41) is 0.616. The number of oxazole rings is 1. The van der Waals surface area contributed by atoms with Crippen LogP contribution in [0.15, 0.2) is 22.6 Å². The number of halogens is 1. The maximum absolute atomic E-state index is 5.42. The maximum atomic E-state index is 5.42. The summed E-state index contributed by atoms with van der Waals surface area (Å²) in [5.74, 6) is 1.41. The van der Waals surface area contributed by atoms with E-state index in [0.717, 1.165) is 16.8 Å². The van der Waals surface area contributed by atoms with Crippen molar-refractivity contribution in [1.82, 2.24) is 4.98 Å². The first kappa shape index (κ1) is 8.56. The molecule has 0 saturated carbocycles. The van der Waals surface area contributed by atoms with Crippen molar-refractivity contribution in [3.63, 3.8) is 0 Å². The average molecular weight is 242 g/mol. The maximum Gasteiger partial charge on any atom is 0.206 e. The van der Waals surface area contributed by atoms with Gasteiger partial charge in [0, 0.05) is 0 Å². The van der Waals surface area contributed by atoms with Crippen LogP contribution in [-0.4, -0.2) is 12.1 Å². The van der Waals surface area contributed by atoms with Crippen molar-refractivity contribution in [2.45, 2.75) is 5.33 Å². The molecule has 0 amide bonds. The summed E-state index contributed by atoms with van der Waals surface area (Å²) < 4.78 is 10.6. The number of benzene rings is 1. The topological polar surface area (TPSA) is 35.3 Å². The van der Waals surface area contributed by atoms with Gasteiger partial charge in [0.2, 0.25) is 5.89 Å². The molecule has 0 saturated heterocycles. The fourth-order valence-corrected chi connectivity index (χ4v) is 1.43. The third kappa shape index (κ3) is 1.42. The van der Waals surface area contributed by atoms with Crippen LogP contribution in [0.2, 0.25) is 0 Å². The van der Waals surface area contributed by atoms with Crippen LogP contribution in [0.4, 0.5) is 0 Å². The van der Waals surface area contributed by atoms with E-state index < -0.39 is 0 Å². The fourth-order valence-electron chi connectivity index (χ4n) is 1.19. The molecule has 0 unspecified atom stereocenters. The first-order valence-corrected chi connectivity index (χ1v) is 4.95. The van der Waals surface area contributed by atoms with Crippen molar-refractivity contribution < 1.29 is 9.15 Å². The molecule has 1 heterocycles. The zero-order valence-electron chi connectivity index (χ0n) is 7.08. The SMILES string of the molecule is COc1cccc2oc(CBr)nc12. The molecule has 2 aromatic rings. The number of hydrogen-bond donors (Lipinski definition) is 0. The molecular formula is C9H8BrNO2. The van der Waals surface area contributed by atoms with Crippen molar-refractivity contribution in [1.29, 1.82) is 0 Å². The predicted octanol–water partition coefficient (Wildman–Crippen LogP) is 2.73. The quantitative estimate of drug-likeness (QED) is 0.759. The summed E-state index contributed by atoms with van der Waals surface area (Å²) in [5.41, 5.74) is 1.54. The minimum absolute atomic E-state index is 0.616. The summed E-state index contributed by atoms with van der Waals surface area (Å²) in [6.07, 6.45) is 0. The largest absolute Gasteiger partial charge is 0.494 e. The normalized spacial score (nSPS) is 10.6. The molecule has 1 aromatic heterocycles. The van der Waals surface area contributed by atoms with Crippen LogP contribution in [0.5, 0.6) is 5.75 Å². The van der Waals surface area contributed by atoms with Gasteiger partial charge in [-0.1, -0.05) is 22.0 Å². The van der Waals surface area contributed by atoms with E-state index >= 15 is 0 Å². The second-order valence-corrected chi connectivity index (χ2v) is 3.11. The molecule has 13 heavy (non-hydrogen) atoms. The van der Waals surface area contributed by atoms with Gasteiger partial charge >= 0.3 is 0 Å². The molecule has 2 rings (SSSR count). The number of ether oxygens (including phenoxy) is 1. The van der Waals surface area contributed by atoms with Crippen LogP contribution >= 0.6 is 15.9 Å².